The van der Waals surface area contributed by atoms with Crippen LogP contribution < -0.4 is 5.32 Å². The van der Waals surface area contributed by atoms with Crippen LogP contribution in [0.3, 0.4) is 0 Å². The quantitative estimate of drug-likeness (QED) is 0.885. The van der Waals surface area contributed by atoms with E-state index in [0.29, 0.717) is 0 Å². The largest absolute Gasteiger partial charge is 0.309 e. The van der Waals surface area contributed by atoms with Gasteiger partial charge in [-0.1, -0.05) is 23.8 Å². The normalized spacial score (nSPS) is 12.5. The Morgan fingerprint density at radius 3 is 1.85 bits per heavy atom. The Hall–Kier alpha value is -1.74. The van der Waals surface area contributed by atoms with Crippen LogP contribution in [0.2, 0.25) is 0 Å². The Balaban J connectivity index is 2.65. The highest BCUT2D eigenvalue weighted by molar-refractivity contribution is 5.44. The van der Waals surface area contributed by atoms with Crippen molar-refractivity contribution < 1.29 is 8.78 Å². The molecule has 0 spiro atoms. The Labute approximate surface area is 118 Å². The summed E-state index contributed by atoms with van der Waals surface area (Å²) >= 11 is 0. The number of halogens is 2. The Morgan fingerprint density at radius 2 is 1.40 bits per heavy atom. The molecule has 0 bridgehead atoms. The molecule has 2 rings (SSSR count). The zero-order valence-electron chi connectivity index (χ0n) is 12.2. The molecule has 0 aliphatic heterocycles. The maximum atomic E-state index is 14.0. The van der Waals surface area contributed by atoms with Crippen molar-refractivity contribution in [3.8, 4) is 0 Å². The van der Waals surface area contributed by atoms with Gasteiger partial charge in [0.05, 0.1) is 6.04 Å². The van der Waals surface area contributed by atoms with E-state index in [4.69, 9.17) is 0 Å². The van der Waals surface area contributed by atoms with Gasteiger partial charge in [0, 0.05) is 5.56 Å². The van der Waals surface area contributed by atoms with Gasteiger partial charge in [0.1, 0.15) is 11.6 Å². The average Bonchev–Trinajstić information content (AvgIpc) is 2.35. The standard InChI is InChI=1S/C17H19F2N/c1-10-8-11(2)15(12(3)9-10)17(20-4)16-13(18)6-5-7-14(16)19/h5-9,17,20H,1-4H3. The van der Waals surface area contributed by atoms with E-state index in [-0.39, 0.29) is 5.56 Å². The van der Waals surface area contributed by atoms with Gasteiger partial charge in [-0.05, 0) is 56.6 Å². The van der Waals surface area contributed by atoms with Gasteiger partial charge in [0.2, 0.25) is 0 Å². The molecule has 0 amide bonds. The van der Waals surface area contributed by atoms with E-state index in [1.54, 1.807) is 7.05 Å². The van der Waals surface area contributed by atoms with Crippen LogP contribution in [-0.4, -0.2) is 7.05 Å². The minimum atomic E-state index is -0.524. The predicted molar refractivity (Wildman–Crippen MR) is 77.9 cm³/mol. The molecule has 0 heterocycles. The van der Waals surface area contributed by atoms with E-state index in [1.165, 1.54) is 18.2 Å². The molecular formula is C17H19F2N. The third-order valence-electron chi connectivity index (χ3n) is 3.60. The first-order valence-electron chi connectivity index (χ1n) is 6.64. The highest BCUT2D eigenvalue weighted by atomic mass is 19.1. The lowest BCUT2D eigenvalue weighted by Crippen LogP contribution is -2.22. The maximum Gasteiger partial charge on any atom is 0.131 e. The first-order valence-corrected chi connectivity index (χ1v) is 6.64. The SMILES string of the molecule is CNC(c1c(C)cc(C)cc1C)c1c(F)cccc1F. The number of hydrogen-bond donors (Lipinski definition) is 1. The molecule has 0 aromatic heterocycles. The molecule has 0 fully saturated rings. The first kappa shape index (κ1) is 14.7. The molecule has 1 nitrogen and oxygen atoms in total. The van der Waals surface area contributed by atoms with Gasteiger partial charge >= 0.3 is 0 Å². The van der Waals surface area contributed by atoms with Crippen LogP contribution >= 0.6 is 0 Å². The zero-order chi connectivity index (χ0) is 14.9. The summed E-state index contributed by atoms with van der Waals surface area (Å²) in [5.74, 6) is -1.05. The average molecular weight is 275 g/mol. The summed E-state index contributed by atoms with van der Waals surface area (Å²) in [5, 5.41) is 3.04. The molecule has 2 aromatic rings. The Kier molecular flexibility index (Phi) is 4.19. The van der Waals surface area contributed by atoms with Crippen molar-refractivity contribution in [2.75, 3.05) is 7.05 Å². The summed E-state index contributed by atoms with van der Waals surface area (Å²) in [5.41, 5.74) is 4.22. The molecule has 0 saturated carbocycles. The summed E-state index contributed by atoms with van der Waals surface area (Å²) < 4.78 is 28.1. The van der Waals surface area contributed by atoms with Crippen molar-refractivity contribution in [2.24, 2.45) is 0 Å². The summed E-state index contributed by atoms with van der Waals surface area (Å²) in [6, 6.07) is 7.55. The van der Waals surface area contributed by atoms with Gasteiger partial charge in [-0.15, -0.1) is 0 Å². The maximum absolute atomic E-state index is 14.0. The smallest absolute Gasteiger partial charge is 0.131 e. The fourth-order valence-corrected chi connectivity index (χ4v) is 2.87. The van der Waals surface area contributed by atoms with Crippen molar-refractivity contribution >= 4 is 0 Å². The van der Waals surface area contributed by atoms with Crippen molar-refractivity contribution in [1.82, 2.24) is 5.32 Å². The van der Waals surface area contributed by atoms with E-state index in [1.807, 2.05) is 32.9 Å². The number of benzene rings is 2. The van der Waals surface area contributed by atoms with Crippen molar-refractivity contribution in [1.29, 1.82) is 0 Å². The fraction of sp³-hybridized carbons (Fsp3) is 0.294. The summed E-state index contributed by atoms with van der Waals surface area (Å²) in [4.78, 5) is 0. The first-order chi connectivity index (χ1) is 9.45. The molecule has 1 unspecified atom stereocenters. The van der Waals surface area contributed by atoms with E-state index < -0.39 is 17.7 Å². The monoisotopic (exact) mass is 275 g/mol. The molecule has 2 aromatic carbocycles. The van der Waals surface area contributed by atoms with Crippen LogP contribution in [0.1, 0.15) is 33.9 Å². The van der Waals surface area contributed by atoms with Crippen molar-refractivity contribution in [2.45, 2.75) is 26.8 Å². The highest BCUT2D eigenvalue weighted by Crippen LogP contribution is 2.31. The lowest BCUT2D eigenvalue weighted by atomic mass is 9.89. The van der Waals surface area contributed by atoms with Crippen LogP contribution in [0, 0.1) is 32.4 Å². The van der Waals surface area contributed by atoms with Crippen LogP contribution in [0.5, 0.6) is 0 Å². The molecule has 0 aliphatic carbocycles. The number of rotatable bonds is 3. The molecule has 0 aliphatic rings. The zero-order valence-corrected chi connectivity index (χ0v) is 12.2. The van der Waals surface area contributed by atoms with Crippen molar-refractivity contribution in [3.63, 3.8) is 0 Å². The second-order valence-corrected chi connectivity index (χ2v) is 5.17. The van der Waals surface area contributed by atoms with Gasteiger partial charge in [-0.25, -0.2) is 8.78 Å². The van der Waals surface area contributed by atoms with Gasteiger partial charge < -0.3 is 5.32 Å². The summed E-state index contributed by atoms with van der Waals surface area (Å²) in [6.07, 6.45) is 0. The summed E-state index contributed by atoms with van der Waals surface area (Å²) in [6.45, 7) is 5.96. The second-order valence-electron chi connectivity index (χ2n) is 5.17. The van der Waals surface area contributed by atoms with Crippen LogP contribution in [0.15, 0.2) is 30.3 Å². The topological polar surface area (TPSA) is 12.0 Å². The van der Waals surface area contributed by atoms with Crippen LogP contribution in [0.25, 0.3) is 0 Å². The molecule has 1 N–H and O–H groups in total. The fourth-order valence-electron chi connectivity index (χ4n) is 2.87. The van der Waals surface area contributed by atoms with Crippen molar-refractivity contribution in [3.05, 3.63) is 69.8 Å². The molecule has 20 heavy (non-hydrogen) atoms. The molecular weight excluding hydrogens is 256 g/mol. The second kappa shape index (κ2) is 5.71. The predicted octanol–water partition coefficient (Wildman–Crippen LogP) is 4.20. The lowest BCUT2D eigenvalue weighted by Gasteiger charge is -2.23. The molecule has 3 heteroatoms. The van der Waals surface area contributed by atoms with E-state index in [2.05, 4.69) is 5.32 Å². The minimum absolute atomic E-state index is 0.0741. The number of nitrogens with one attached hydrogen (secondary N) is 1. The third-order valence-corrected chi connectivity index (χ3v) is 3.60. The van der Waals surface area contributed by atoms with Gasteiger partial charge in [0.15, 0.2) is 0 Å². The molecule has 0 radical (unpaired) electrons. The van der Waals surface area contributed by atoms with Gasteiger partial charge in [-0.3, -0.25) is 0 Å². The Bertz CT molecular complexity index is 592. The van der Waals surface area contributed by atoms with E-state index >= 15 is 0 Å². The molecule has 1 atom stereocenters. The molecule has 106 valence electrons. The minimum Gasteiger partial charge on any atom is -0.309 e. The number of hydrogen-bond acceptors (Lipinski definition) is 1. The molecule has 0 saturated heterocycles. The van der Waals surface area contributed by atoms with Crippen LogP contribution in [-0.2, 0) is 0 Å². The van der Waals surface area contributed by atoms with Gasteiger partial charge in [-0.2, -0.15) is 0 Å². The third kappa shape index (κ3) is 2.59. The Morgan fingerprint density at radius 1 is 0.900 bits per heavy atom. The van der Waals surface area contributed by atoms with Crippen LogP contribution in [0.4, 0.5) is 8.78 Å². The summed E-state index contributed by atoms with van der Waals surface area (Å²) in [7, 11) is 1.72. The lowest BCUT2D eigenvalue weighted by molar-refractivity contribution is 0.520. The van der Waals surface area contributed by atoms with E-state index in [0.717, 1.165) is 22.3 Å². The highest BCUT2D eigenvalue weighted by Gasteiger charge is 2.23. The van der Waals surface area contributed by atoms with E-state index in [9.17, 15) is 8.78 Å². The van der Waals surface area contributed by atoms with Gasteiger partial charge in [0.25, 0.3) is 0 Å². The number of aryl methyl sites for hydroxylation is 3.